The second-order valence-electron chi connectivity index (χ2n) is 12.3. The number of aromatic amines is 1. The predicted octanol–water partition coefficient (Wildman–Crippen LogP) is 13.1. The van der Waals surface area contributed by atoms with Crippen molar-refractivity contribution in [3.63, 3.8) is 0 Å². The predicted molar refractivity (Wildman–Crippen MR) is 169 cm³/mol. The molecule has 0 aliphatic carbocycles. The largest absolute Gasteiger partial charge is 0.365 e. The molecule has 1 heteroatoms. The number of H-pyrrole nitrogens is 1. The first-order chi connectivity index (χ1) is 18.4. The van der Waals surface area contributed by atoms with E-state index in [2.05, 4.69) is 37.2 Å². The maximum atomic E-state index is 3.47. The molecule has 37 heavy (non-hydrogen) atoms. The fourth-order valence-corrected chi connectivity index (χ4v) is 6.06. The van der Waals surface area contributed by atoms with Crippen LogP contribution in [0, 0.1) is 5.92 Å². The van der Waals surface area contributed by atoms with Crippen LogP contribution in [-0.4, -0.2) is 4.98 Å². The molecule has 0 saturated carbocycles. The molecule has 1 atom stereocenters. The van der Waals surface area contributed by atoms with Gasteiger partial charge in [0.05, 0.1) is 0 Å². The number of aromatic nitrogens is 1. The summed E-state index contributed by atoms with van der Waals surface area (Å²) in [7, 11) is 0. The summed E-state index contributed by atoms with van der Waals surface area (Å²) >= 11 is 0. The molecule has 0 amide bonds. The average molecular weight is 516 g/mol. The molecule has 0 fully saturated rings. The van der Waals surface area contributed by atoms with Gasteiger partial charge < -0.3 is 4.98 Å². The van der Waals surface area contributed by atoms with E-state index >= 15 is 0 Å². The first-order valence-electron chi connectivity index (χ1n) is 17.5. The lowest BCUT2D eigenvalue weighted by Crippen LogP contribution is -2.05. The minimum atomic E-state index is 0.888. The van der Waals surface area contributed by atoms with Crippen molar-refractivity contribution in [2.24, 2.45) is 5.92 Å². The monoisotopic (exact) mass is 516 g/mol. The van der Waals surface area contributed by atoms with E-state index in [1.165, 1.54) is 192 Å². The molecule has 0 aliphatic rings. The van der Waals surface area contributed by atoms with Gasteiger partial charge in [-0.05, 0) is 24.5 Å². The maximum absolute atomic E-state index is 3.47. The molecule has 0 aromatic carbocycles. The Morgan fingerprint density at radius 3 is 1.08 bits per heavy atom. The summed E-state index contributed by atoms with van der Waals surface area (Å²) in [5.74, 6) is 0.888. The van der Waals surface area contributed by atoms with Crippen LogP contribution in [0.3, 0.4) is 0 Å². The van der Waals surface area contributed by atoms with Gasteiger partial charge >= 0.3 is 0 Å². The van der Waals surface area contributed by atoms with Gasteiger partial charge in [0.25, 0.3) is 0 Å². The van der Waals surface area contributed by atoms with Gasteiger partial charge in [0.2, 0.25) is 0 Å². The second kappa shape index (κ2) is 28.3. The molecule has 1 rings (SSSR count). The first kappa shape index (κ1) is 34.3. The molecule has 1 aromatic rings. The van der Waals surface area contributed by atoms with Gasteiger partial charge in [0.15, 0.2) is 0 Å². The normalized spacial score (nSPS) is 12.4. The Hall–Kier alpha value is -0.720. The van der Waals surface area contributed by atoms with E-state index in [9.17, 15) is 0 Å². The third kappa shape index (κ3) is 24.1. The van der Waals surface area contributed by atoms with Crippen molar-refractivity contribution in [1.29, 1.82) is 0 Å². The molecular weight excluding hydrogens is 446 g/mol. The van der Waals surface area contributed by atoms with Crippen LogP contribution in [-0.2, 0) is 6.42 Å². The topological polar surface area (TPSA) is 15.8 Å². The Morgan fingerprint density at radius 1 is 0.459 bits per heavy atom. The van der Waals surface area contributed by atoms with E-state index in [1.807, 2.05) is 0 Å². The Labute approximate surface area is 234 Å². The quantitative estimate of drug-likeness (QED) is 0.0980. The minimum absolute atomic E-state index is 0.888. The second-order valence-corrected chi connectivity index (χ2v) is 12.3. The summed E-state index contributed by atoms with van der Waals surface area (Å²) in [4.78, 5) is 3.47. The van der Waals surface area contributed by atoms with Gasteiger partial charge in [0.1, 0.15) is 0 Å². The van der Waals surface area contributed by atoms with Crippen molar-refractivity contribution < 1.29 is 0 Å². The van der Waals surface area contributed by atoms with Crippen molar-refractivity contribution in [3.8, 4) is 0 Å². The van der Waals surface area contributed by atoms with Gasteiger partial charge in [0, 0.05) is 11.9 Å². The fraction of sp³-hybridized carbons (Fsp3) is 0.889. The molecule has 1 unspecified atom stereocenters. The summed E-state index contributed by atoms with van der Waals surface area (Å²) in [6.07, 6.45) is 44.1. The van der Waals surface area contributed by atoms with Crippen LogP contribution < -0.4 is 0 Å². The lowest BCUT2D eigenvalue weighted by atomic mass is 9.90. The SMILES string of the molecule is CCCCCCCCCCCCCCCCC(CCCCCCCCCCCCCC)Cc1ccc[nH]1. The molecule has 1 heterocycles. The van der Waals surface area contributed by atoms with Gasteiger partial charge in [-0.15, -0.1) is 0 Å². The fourth-order valence-electron chi connectivity index (χ4n) is 6.06. The van der Waals surface area contributed by atoms with Crippen molar-refractivity contribution in [2.75, 3.05) is 0 Å². The molecule has 1 aromatic heterocycles. The van der Waals surface area contributed by atoms with E-state index in [1.54, 1.807) is 0 Å². The molecule has 0 spiro atoms. The molecule has 0 aliphatic heterocycles. The lowest BCUT2D eigenvalue weighted by molar-refractivity contribution is 0.397. The molecule has 0 bridgehead atoms. The van der Waals surface area contributed by atoms with Crippen LogP contribution in [0.2, 0.25) is 0 Å². The minimum Gasteiger partial charge on any atom is -0.365 e. The molecule has 1 nitrogen and oxygen atoms in total. The van der Waals surface area contributed by atoms with Crippen LogP contribution >= 0.6 is 0 Å². The van der Waals surface area contributed by atoms with Gasteiger partial charge in [-0.1, -0.05) is 194 Å². The van der Waals surface area contributed by atoms with E-state index in [-0.39, 0.29) is 0 Å². The van der Waals surface area contributed by atoms with E-state index < -0.39 is 0 Å². The summed E-state index contributed by atoms with van der Waals surface area (Å²) < 4.78 is 0. The Balaban J connectivity index is 1.98. The van der Waals surface area contributed by atoms with Crippen molar-refractivity contribution in [3.05, 3.63) is 24.0 Å². The molecule has 0 saturated heterocycles. The van der Waals surface area contributed by atoms with Crippen molar-refractivity contribution in [2.45, 2.75) is 200 Å². The highest BCUT2D eigenvalue weighted by atomic mass is 14.7. The molecule has 0 radical (unpaired) electrons. The zero-order chi connectivity index (χ0) is 26.5. The lowest BCUT2D eigenvalue weighted by Gasteiger charge is -2.16. The van der Waals surface area contributed by atoms with Gasteiger partial charge in [-0.3, -0.25) is 0 Å². The van der Waals surface area contributed by atoms with E-state index in [0.29, 0.717) is 0 Å². The standard InChI is InChI=1S/C36H69N/c1-3-5-7-9-11-13-15-17-18-20-22-24-26-28-31-35(34-36-32-29-33-37-36)30-27-25-23-21-19-16-14-12-10-8-6-4-2/h29,32-33,35,37H,3-28,30-31,34H2,1-2H3. The summed E-state index contributed by atoms with van der Waals surface area (Å²) in [6.45, 7) is 4.62. The summed E-state index contributed by atoms with van der Waals surface area (Å²) in [5, 5.41) is 0. The van der Waals surface area contributed by atoms with Crippen LogP contribution in [0.1, 0.15) is 199 Å². The molecule has 218 valence electrons. The Morgan fingerprint density at radius 2 is 0.784 bits per heavy atom. The van der Waals surface area contributed by atoms with Gasteiger partial charge in [-0.25, -0.2) is 0 Å². The average Bonchev–Trinajstić information content (AvgIpc) is 3.42. The first-order valence-corrected chi connectivity index (χ1v) is 17.5. The van der Waals surface area contributed by atoms with Crippen molar-refractivity contribution >= 4 is 0 Å². The number of rotatable bonds is 30. The van der Waals surface area contributed by atoms with E-state index in [0.717, 1.165) is 5.92 Å². The number of nitrogens with one attached hydrogen (secondary N) is 1. The zero-order valence-corrected chi connectivity index (χ0v) is 25.8. The highest BCUT2D eigenvalue weighted by Crippen LogP contribution is 2.23. The highest BCUT2D eigenvalue weighted by molar-refractivity contribution is 5.04. The number of hydrogen-bond donors (Lipinski definition) is 1. The van der Waals surface area contributed by atoms with Crippen LogP contribution in [0.4, 0.5) is 0 Å². The van der Waals surface area contributed by atoms with Crippen LogP contribution in [0.25, 0.3) is 0 Å². The Kier molecular flexibility index (Phi) is 26.2. The summed E-state index contributed by atoms with van der Waals surface area (Å²) in [6, 6.07) is 4.46. The van der Waals surface area contributed by atoms with Gasteiger partial charge in [-0.2, -0.15) is 0 Å². The third-order valence-electron chi connectivity index (χ3n) is 8.60. The highest BCUT2D eigenvalue weighted by Gasteiger charge is 2.10. The Bertz CT molecular complexity index is 519. The number of hydrogen-bond acceptors (Lipinski definition) is 0. The van der Waals surface area contributed by atoms with E-state index in [4.69, 9.17) is 0 Å². The maximum Gasteiger partial charge on any atom is 0.0149 e. The van der Waals surface area contributed by atoms with Crippen LogP contribution in [0.5, 0.6) is 0 Å². The zero-order valence-electron chi connectivity index (χ0n) is 25.8. The van der Waals surface area contributed by atoms with Crippen LogP contribution in [0.15, 0.2) is 18.3 Å². The molecule has 1 N–H and O–H groups in total. The smallest absolute Gasteiger partial charge is 0.0149 e. The molecular formula is C36H69N. The number of unbranched alkanes of at least 4 members (excludes halogenated alkanes) is 24. The third-order valence-corrected chi connectivity index (χ3v) is 8.60. The van der Waals surface area contributed by atoms with Crippen molar-refractivity contribution in [1.82, 2.24) is 4.98 Å². The summed E-state index contributed by atoms with van der Waals surface area (Å²) in [5.41, 5.74) is 1.45.